The van der Waals surface area contributed by atoms with Crippen LogP contribution in [0.1, 0.15) is 11.4 Å². The SMILES string of the molecule is [O]c1c(O)nc(/C=C/c2ccccc2)[nH]c1=O. The summed E-state index contributed by atoms with van der Waals surface area (Å²) in [5.74, 6) is -1.68. The second-order valence-corrected chi connectivity index (χ2v) is 3.35. The molecule has 0 saturated carbocycles. The van der Waals surface area contributed by atoms with Crippen molar-refractivity contribution in [3.63, 3.8) is 0 Å². The second-order valence-electron chi connectivity index (χ2n) is 3.35. The van der Waals surface area contributed by atoms with E-state index in [1.807, 2.05) is 30.3 Å². The van der Waals surface area contributed by atoms with Crippen LogP contribution in [-0.2, 0) is 5.11 Å². The van der Waals surface area contributed by atoms with Gasteiger partial charge in [0.25, 0.3) is 5.88 Å². The lowest BCUT2D eigenvalue weighted by Gasteiger charge is -1.96. The summed E-state index contributed by atoms with van der Waals surface area (Å²) < 4.78 is 0. The summed E-state index contributed by atoms with van der Waals surface area (Å²) in [5.41, 5.74) is 0.0334. The molecule has 0 spiro atoms. The number of hydrogen-bond donors (Lipinski definition) is 2. The first kappa shape index (κ1) is 10.9. The predicted octanol–water partition coefficient (Wildman–Crippen LogP) is 1.79. The first-order valence-corrected chi connectivity index (χ1v) is 4.90. The van der Waals surface area contributed by atoms with Gasteiger partial charge in [-0.25, -0.2) is 0 Å². The first-order valence-electron chi connectivity index (χ1n) is 4.90. The highest BCUT2D eigenvalue weighted by Gasteiger charge is 2.08. The third-order valence-corrected chi connectivity index (χ3v) is 2.11. The molecule has 17 heavy (non-hydrogen) atoms. The van der Waals surface area contributed by atoms with Crippen molar-refractivity contribution >= 4 is 12.2 Å². The Kier molecular flexibility index (Phi) is 2.91. The van der Waals surface area contributed by atoms with Gasteiger partial charge in [0.2, 0.25) is 0 Å². The molecule has 1 aromatic heterocycles. The number of rotatable bonds is 2. The molecular formula is C12H9N2O3. The zero-order chi connectivity index (χ0) is 12.3. The quantitative estimate of drug-likeness (QED) is 0.823. The van der Waals surface area contributed by atoms with Gasteiger partial charge in [0.15, 0.2) is 0 Å². The van der Waals surface area contributed by atoms with Gasteiger partial charge in [0, 0.05) is 0 Å². The van der Waals surface area contributed by atoms with E-state index in [0.29, 0.717) is 0 Å². The Hall–Kier alpha value is -2.56. The average Bonchev–Trinajstić information content (AvgIpc) is 2.34. The number of hydrogen-bond acceptors (Lipinski definition) is 3. The molecule has 0 saturated heterocycles. The van der Waals surface area contributed by atoms with E-state index in [1.165, 1.54) is 6.08 Å². The highest BCUT2D eigenvalue weighted by atomic mass is 16.3. The van der Waals surface area contributed by atoms with E-state index in [-0.39, 0.29) is 5.82 Å². The Morgan fingerprint density at radius 3 is 2.53 bits per heavy atom. The summed E-state index contributed by atoms with van der Waals surface area (Å²) in [4.78, 5) is 16.9. The molecule has 0 atom stereocenters. The summed E-state index contributed by atoms with van der Waals surface area (Å²) in [6.07, 6.45) is 3.22. The van der Waals surface area contributed by atoms with E-state index >= 15 is 0 Å². The molecule has 0 amide bonds. The smallest absolute Gasteiger partial charge is 0.304 e. The molecule has 2 aromatic rings. The van der Waals surface area contributed by atoms with Gasteiger partial charge in [-0.15, -0.1) is 0 Å². The highest BCUT2D eigenvalue weighted by molar-refractivity contribution is 5.66. The zero-order valence-electron chi connectivity index (χ0n) is 8.75. The molecule has 1 aromatic carbocycles. The maximum atomic E-state index is 11.1. The number of nitrogens with one attached hydrogen (secondary N) is 1. The molecule has 5 heteroatoms. The molecule has 0 bridgehead atoms. The molecule has 0 unspecified atom stereocenters. The predicted molar refractivity (Wildman–Crippen MR) is 62.0 cm³/mol. The molecular weight excluding hydrogens is 220 g/mol. The van der Waals surface area contributed by atoms with Gasteiger partial charge in [0.1, 0.15) is 5.82 Å². The summed E-state index contributed by atoms with van der Waals surface area (Å²) in [7, 11) is 0. The van der Waals surface area contributed by atoms with Crippen LogP contribution in [-0.4, -0.2) is 15.1 Å². The molecule has 0 fully saturated rings. The Labute approximate surface area is 96.7 Å². The Balaban J connectivity index is 2.31. The largest absolute Gasteiger partial charge is 0.490 e. The molecule has 2 rings (SSSR count). The molecule has 0 aliphatic heterocycles. The Bertz CT molecular complexity index is 603. The van der Waals surface area contributed by atoms with Crippen molar-refractivity contribution in [3.8, 4) is 11.6 Å². The van der Waals surface area contributed by atoms with Gasteiger partial charge in [-0.2, -0.15) is 4.98 Å². The van der Waals surface area contributed by atoms with E-state index in [2.05, 4.69) is 9.97 Å². The van der Waals surface area contributed by atoms with Crippen molar-refractivity contribution < 1.29 is 10.2 Å². The zero-order valence-corrected chi connectivity index (χ0v) is 8.75. The van der Waals surface area contributed by atoms with Gasteiger partial charge in [-0.3, -0.25) is 9.90 Å². The number of aromatic amines is 1. The van der Waals surface area contributed by atoms with Gasteiger partial charge in [-0.1, -0.05) is 36.4 Å². The molecule has 0 aliphatic rings. The third-order valence-electron chi connectivity index (χ3n) is 2.11. The number of H-pyrrole nitrogens is 1. The summed E-state index contributed by atoms with van der Waals surface area (Å²) in [6.45, 7) is 0. The lowest BCUT2D eigenvalue weighted by Crippen LogP contribution is -2.07. The van der Waals surface area contributed by atoms with Crippen molar-refractivity contribution in [2.45, 2.75) is 0 Å². The fourth-order valence-corrected chi connectivity index (χ4v) is 1.29. The maximum Gasteiger partial charge on any atom is 0.304 e. The Morgan fingerprint density at radius 1 is 1.18 bits per heavy atom. The van der Waals surface area contributed by atoms with Crippen LogP contribution in [0.2, 0.25) is 0 Å². The summed E-state index contributed by atoms with van der Waals surface area (Å²) >= 11 is 0. The summed E-state index contributed by atoms with van der Waals surface area (Å²) in [6, 6.07) is 9.37. The number of benzene rings is 1. The minimum Gasteiger partial charge on any atom is -0.490 e. The topological polar surface area (TPSA) is 85.9 Å². The number of aromatic nitrogens is 2. The minimum atomic E-state index is -1.03. The van der Waals surface area contributed by atoms with Crippen LogP contribution < -0.4 is 5.56 Å². The van der Waals surface area contributed by atoms with Crippen LogP contribution in [0.4, 0.5) is 0 Å². The normalized spacial score (nSPS) is 10.8. The molecule has 1 heterocycles. The number of aromatic hydroxyl groups is 1. The van der Waals surface area contributed by atoms with E-state index in [1.54, 1.807) is 6.08 Å². The lowest BCUT2D eigenvalue weighted by atomic mass is 10.2. The maximum absolute atomic E-state index is 11.1. The van der Waals surface area contributed by atoms with Gasteiger partial charge >= 0.3 is 11.3 Å². The first-order chi connectivity index (χ1) is 8.16. The molecule has 5 nitrogen and oxygen atoms in total. The van der Waals surface area contributed by atoms with E-state index in [0.717, 1.165) is 5.56 Å². The van der Waals surface area contributed by atoms with Gasteiger partial charge in [-0.05, 0) is 11.6 Å². The van der Waals surface area contributed by atoms with Crippen LogP contribution in [0.15, 0.2) is 35.1 Å². The van der Waals surface area contributed by atoms with Crippen molar-refractivity contribution in [2.24, 2.45) is 0 Å². The van der Waals surface area contributed by atoms with Gasteiger partial charge < -0.3 is 10.1 Å². The molecule has 0 aliphatic carbocycles. The minimum absolute atomic E-state index is 0.135. The van der Waals surface area contributed by atoms with Crippen LogP contribution in [0.5, 0.6) is 11.6 Å². The lowest BCUT2D eigenvalue weighted by molar-refractivity contribution is 0.310. The van der Waals surface area contributed by atoms with Crippen LogP contribution in [0, 0.1) is 0 Å². The molecule has 2 N–H and O–H groups in total. The van der Waals surface area contributed by atoms with Crippen LogP contribution in [0.25, 0.3) is 12.2 Å². The van der Waals surface area contributed by atoms with Crippen LogP contribution in [0.3, 0.4) is 0 Å². The van der Waals surface area contributed by atoms with E-state index < -0.39 is 17.2 Å². The Morgan fingerprint density at radius 2 is 1.88 bits per heavy atom. The fraction of sp³-hybridized carbons (Fsp3) is 0. The molecule has 85 valence electrons. The molecule has 1 radical (unpaired) electrons. The van der Waals surface area contributed by atoms with E-state index in [9.17, 15) is 9.90 Å². The highest BCUT2D eigenvalue weighted by Crippen LogP contribution is 2.16. The van der Waals surface area contributed by atoms with Crippen molar-refractivity contribution in [3.05, 3.63) is 52.1 Å². The third kappa shape index (κ3) is 2.52. The van der Waals surface area contributed by atoms with Crippen molar-refractivity contribution in [1.82, 2.24) is 9.97 Å². The van der Waals surface area contributed by atoms with E-state index in [4.69, 9.17) is 5.11 Å². The van der Waals surface area contributed by atoms with Crippen molar-refractivity contribution in [1.29, 1.82) is 0 Å². The van der Waals surface area contributed by atoms with Crippen molar-refractivity contribution in [2.75, 3.05) is 0 Å². The average molecular weight is 229 g/mol. The monoisotopic (exact) mass is 229 g/mol. The standard InChI is InChI=1S/C12H9N2O3/c15-10-11(16)13-9(14-12(10)17)7-6-8-4-2-1-3-5-8/h1-7H,(H2,13,14,16,17)/b7-6+. The van der Waals surface area contributed by atoms with Gasteiger partial charge in [0.05, 0.1) is 0 Å². The number of nitrogens with zero attached hydrogens (tertiary/aromatic N) is 1. The summed E-state index contributed by atoms with van der Waals surface area (Å²) in [5, 5.41) is 20.0. The second kappa shape index (κ2) is 4.52. The fourth-order valence-electron chi connectivity index (χ4n) is 1.29. The van der Waals surface area contributed by atoms with Crippen LogP contribution >= 0.6 is 0 Å².